The molecule has 0 heterocycles. The zero-order valence-electron chi connectivity index (χ0n) is 9.33. The summed E-state index contributed by atoms with van der Waals surface area (Å²) < 4.78 is 3.94. The van der Waals surface area contributed by atoms with Gasteiger partial charge in [-0.15, -0.1) is 0 Å². The van der Waals surface area contributed by atoms with E-state index in [4.69, 9.17) is 0 Å². The number of allylic oxidation sites excluding steroid dienone is 1. The fourth-order valence-electron chi connectivity index (χ4n) is 2.32. The van der Waals surface area contributed by atoms with E-state index in [-0.39, 0.29) is 0 Å². The van der Waals surface area contributed by atoms with E-state index in [9.17, 15) is 0 Å². The summed E-state index contributed by atoms with van der Waals surface area (Å²) in [6.07, 6.45) is 0. The maximum absolute atomic E-state index is 3.50. The molecule has 0 amide bonds. The van der Waals surface area contributed by atoms with E-state index >= 15 is 0 Å². The molecule has 0 fully saturated rings. The molecular weight excluding hydrogens is 514 g/mol. The molecule has 3 rings (SSSR count). The first kappa shape index (κ1) is 13.1. The van der Waals surface area contributed by atoms with Crippen LogP contribution in [0.3, 0.4) is 0 Å². The van der Waals surface area contributed by atoms with Crippen LogP contribution in [0.2, 0.25) is 0 Å². The Morgan fingerprint density at radius 2 is 1.56 bits per heavy atom. The van der Waals surface area contributed by atoms with Crippen LogP contribution in [-0.2, 0) is 0 Å². The highest BCUT2D eigenvalue weighted by Gasteiger charge is 2.29. The third-order valence-electron chi connectivity index (χ3n) is 3.17. The molecule has 0 saturated heterocycles. The molecule has 18 heavy (non-hydrogen) atoms. The molecule has 1 atom stereocenters. The molecule has 3 heteroatoms. The van der Waals surface area contributed by atoms with Crippen molar-refractivity contribution in [2.45, 2.75) is 5.92 Å². The van der Waals surface area contributed by atoms with Crippen LogP contribution >= 0.6 is 61.1 Å². The lowest BCUT2D eigenvalue weighted by atomic mass is 9.93. The molecule has 0 nitrogen and oxygen atoms in total. The number of halogens is 3. The van der Waals surface area contributed by atoms with E-state index in [1.54, 1.807) is 0 Å². The number of rotatable bonds is 1. The van der Waals surface area contributed by atoms with Gasteiger partial charge in [-0.3, -0.25) is 0 Å². The largest absolute Gasteiger partial charge is 0.0619 e. The molecule has 0 aliphatic heterocycles. The summed E-state index contributed by atoms with van der Waals surface area (Å²) in [6, 6.07) is 17.4. The molecule has 90 valence electrons. The first-order chi connectivity index (χ1) is 8.68. The van der Waals surface area contributed by atoms with Crippen LogP contribution in [0, 0.1) is 0 Å². The summed E-state index contributed by atoms with van der Waals surface area (Å²) in [5.74, 6) is 0.404. The van der Waals surface area contributed by atoms with Crippen LogP contribution in [0.15, 0.2) is 56.6 Å². The van der Waals surface area contributed by atoms with Crippen LogP contribution in [0.1, 0.15) is 22.6 Å². The van der Waals surface area contributed by atoms with Crippen molar-refractivity contribution in [3.63, 3.8) is 0 Å². The minimum atomic E-state index is 0.404. The summed E-state index contributed by atoms with van der Waals surface area (Å²) >= 11 is 8.45. The van der Waals surface area contributed by atoms with Crippen molar-refractivity contribution < 1.29 is 0 Å². The summed E-state index contributed by atoms with van der Waals surface area (Å²) in [5.41, 5.74) is 4.17. The number of hydrogen-bond acceptors (Lipinski definition) is 0. The highest BCUT2D eigenvalue weighted by Crippen LogP contribution is 2.50. The Balaban J connectivity index is 2.16. The Bertz CT molecular complexity index is 629. The second-order valence-electron chi connectivity index (χ2n) is 4.23. The van der Waals surface area contributed by atoms with Gasteiger partial charge in [0.15, 0.2) is 0 Å². The fourth-order valence-corrected chi connectivity index (χ4v) is 4.37. The van der Waals surface area contributed by atoms with Crippen molar-refractivity contribution >= 4 is 64.7 Å². The van der Waals surface area contributed by atoms with Crippen LogP contribution < -0.4 is 0 Å². The molecular formula is C15H9BrI2. The van der Waals surface area contributed by atoms with Gasteiger partial charge in [-0.05, 0) is 74.0 Å². The average molecular weight is 523 g/mol. The van der Waals surface area contributed by atoms with Gasteiger partial charge in [0.05, 0.1) is 0 Å². The second kappa shape index (κ2) is 5.25. The Kier molecular flexibility index (Phi) is 3.82. The van der Waals surface area contributed by atoms with Crippen LogP contribution in [0.5, 0.6) is 0 Å². The Morgan fingerprint density at radius 3 is 2.28 bits per heavy atom. The minimum absolute atomic E-state index is 0.404. The van der Waals surface area contributed by atoms with E-state index in [1.165, 1.54) is 23.9 Å². The Labute approximate surface area is 142 Å². The first-order valence-corrected chi connectivity index (χ1v) is 8.53. The molecule has 0 bridgehead atoms. The van der Waals surface area contributed by atoms with Gasteiger partial charge < -0.3 is 0 Å². The molecule has 0 spiro atoms. The molecule has 1 unspecified atom stereocenters. The summed E-state index contributed by atoms with van der Waals surface area (Å²) in [7, 11) is 0. The molecule has 1 aliphatic rings. The standard InChI is InChI=1S/C15H9BrI2/c16-10-7-5-9(6-8-10)13-11-3-1-2-4-12(11)14(17)15(13)18/h1-8,13H. The minimum Gasteiger partial charge on any atom is -0.0619 e. The first-order valence-electron chi connectivity index (χ1n) is 5.58. The predicted molar refractivity (Wildman–Crippen MR) is 97.4 cm³/mol. The van der Waals surface area contributed by atoms with Gasteiger partial charge in [0, 0.05) is 17.6 Å². The summed E-state index contributed by atoms with van der Waals surface area (Å²) in [6.45, 7) is 0. The third kappa shape index (κ3) is 2.18. The fraction of sp³-hybridized carbons (Fsp3) is 0.0667. The van der Waals surface area contributed by atoms with Crippen molar-refractivity contribution in [1.29, 1.82) is 0 Å². The second-order valence-corrected chi connectivity index (χ2v) is 7.39. The van der Waals surface area contributed by atoms with E-state index in [0.717, 1.165) is 4.47 Å². The van der Waals surface area contributed by atoms with Gasteiger partial charge in [0.1, 0.15) is 0 Å². The van der Waals surface area contributed by atoms with Crippen LogP contribution in [0.4, 0.5) is 0 Å². The predicted octanol–water partition coefficient (Wildman–Crippen LogP) is 6.13. The van der Waals surface area contributed by atoms with E-state index in [1.807, 2.05) is 0 Å². The molecule has 2 aromatic rings. The summed E-state index contributed by atoms with van der Waals surface area (Å²) in [4.78, 5) is 0. The van der Waals surface area contributed by atoms with Gasteiger partial charge in [-0.1, -0.05) is 52.3 Å². The topological polar surface area (TPSA) is 0 Å². The van der Waals surface area contributed by atoms with Gasteiger partial charge in [-0.2, -0.15) is 0 Å². The third-order valence-corrected chi connectivity index (χ3v) is 7.06. The lowest BCUT2D eigenvalue weighted by Gasteiger charge is -2.13. The quantitative estimate of drug-likeness (QED) is 0.395. The molecule has 0 aromatic heterocycles. The molecule has 2 aromatic carbocycles. The van der Waals surface area contributed by atoms with Crippen molar-refractivity contribution in [3.05, 3.63) is 73.3 Å². The lowest BCUT2D eigenvalue weighted by molar-refractivity contribution is 1.04. The number of fused-ring (bicyclic) bond motifs is 1. The van der Waals surface area contributed by atoms with Crippen molar-refractivity contribution in [2.24, 2.45) is 0 Å². The Morgan fingerprint density at radius 1 is 0.889 bits per heavy atom. The highest BCUT2D eigenvalue weighted by atomic mass is 127. The van der Waals surface area contributed by atoms with Gasteiger partial charge in [0.2, 0.25) is 0 Å². The Hall–Kier alpha value is 0.120. The zero-order valence-corrected chi connectivity index (χ0v) is 15.2. The van der Waals surface area contributed by atoms with Gasteiger partial charge >= 0.3 is 0 Å². The monoisotopic (exact) mass is 522 g/mol. The number of hydrogen-bond donors (Lipinski definition) is 0. The maximum atomic E-state index is 3.50. The number of benzene rings is 2. The van der Waals surface area contributed by atoms with Crippen LogP contribution in [-0.4, -0.2) is 0 Å². The van der Waals surface area contributed by atoms with Crippen molar-refractivity contribution in [3.8, 4) is 0 Å². The zero-order chi connectivity index (χ0) is 12.7. The van der Waals surface area contributed by atoms with E-state index in [0.29, 0.717) is 5.92 Å². The normalized spacial score (nSPS) is 18.1. The van der Waals surface area contributed by atoms with Crippen molar-refractivity contribution in [2.75, 3.05) is 0 Å². The SMILES string of the molecule is Brc1ccc(C2C(I)=C(I)c3ccccc32)cc1. The molecule has 0 saturated carbocycles. The smallest absolute Gasteiger partial charge is 0.0415 e. The van der Waals surface area contributed by atoms with Gasteiger partial charge in [0.25, 0.3) is 0 Å². The summed E-state index contributed by atoms with van der Waals surface area (Å²) in [5, 5.41) is 0. The molecule has 0 radical (unpaired) electrons. The van der Waals surface area contributed by atoms with Gasteiger partial charge in [-0.25, -0.2) is 0 Å². The van der Waals surface area contributed by atoms with Crippen molar-refractivity contribution in [1.82, 2.24) is 0 Å². The average Bonchev–Trinajstić information content (AvgIpc) is 2.64. The highest BCUT2D eigenvalue weighted by molar-refractivity contribution is 14.1. The lowest BCUT2D eigenvalue weighted by Crippen LogP contribution is -1.97. The van der Waals surface area contributed by atoms with E-state index < -0.39 is 0 Å². The van der Waals surface area contributed by atoms with Crippen LogP contribution in [0.25, 0.3) is 3.58 Å². The van der Waals surface area contributed by atoms with E-state index in [2.05, 4.69) is 110 Å². The maximum Gasteiger partial charge on any atom is 0.0415 e. The molecule has 1 aliphatic carbocycles. The molecule has 0 N–H and O–H groups in total.